The molecule has 0 radical (unpaired) electrons. The zero-order chi connectivity index (χ0) is 14.8. The van der Waals surface area contributed by atoms with Crippen LogP contribution in [0.5, 0.6) is 0 Å². The molecule has 2 rings (SSSR count). The van der Waals surface area contributed by atoms with E-state index in [2.05, 4.69) is 19.2 Å². The number of carboxylic acid groups (broad SMARTS) is 1. The van der Waals surface area contributed by atoms with E-state index in [1.54, 1.807) is 18.2 Å². The highest BCUT2D eigenvalue weighted by atomic mass is 16.4. The van der Waals surface area contributed by atoms with Crippen LogP contribution in [0.15, 0.2) is 24.3 Å². The number of carbonyl (C=O) groups excluding carboxylic acids is 1. The highest BCUT2D eigenvalue weighted by Crippen LogP contribution is 2.37. The third kappa shape index (κ3) is 3.38. The Morgan fingerprint density at radius 2 is 2.15 bits per heavy atom. The van der Waals surface area contributed by atoms with Crippen molar-refractivity contribution in [1.82, 2.24) is 5.32 Å². The Morgan fingerprint density at radius 3 is 2.75 bits per heavy atom. The largest absolute Gasteiger partial charge is 0.478 e. The van der Waals surface area contributed by atoms with Gasteiger partial charge in [-0.3, -0.25) is 4.79 Å². The minimum atomic E-state index is -0.968. The SMILES string of the molecule is CC1(C)CCCC1NC(=O)Cc1cccc(C(=O)O)c1. The summed E-state index contributed by atoms with van der Waals surface area (Å²) in [5, 5.41) is 12.0. The summed E-state index contributed by atoms with van der Waals surface area (Å²) < 4.78 is 0. The molecule has 108 valence electrons. The van der Waals surface area contributed by atoms with Crippen LogP contribution in [-0.2, 0) is 11.2 Å². The van der Waals surface area contributed by atoms with Crippen LogP contribution >= 0.6 is 0 Å². The van der Waals surface area contributed by atoms with E-state index >= 15 is 0 Å². The van der Waals surface area contributed by atoms with Crippen molar-refractivity contribution in [1.29, 1.82) is 0 Å². The van der Waals surface area contributed by atoms with E-state index in [1.165, 1.54) is 6.07 Å². The first-order chi connectivity index (χ1) is 9.38. The molecule has 1 aliphatic rings. The van der Waals surface area contributed by atoms with Crippen molar-refractivity contribution in [2.24, 2.45) is 5.41 Å². The molecule has 0 aromatic heterocycles. The number of aromatic carboxylic acids is 1. The summed E-state index contributed by atoms with van der Waals surface area (Å²) in [5.74, 6) is -1.00. The molecule has 0 heterocycles. The third-order valence-corrected chi connectivity index (χ3v) is 4.13. The molecule has 1 aromatic rings. The van der Waals surface area contributed by atoms with Crippen molar-refractivity contribution in [2.45, 2.75) is 45.6 Å². The lowest BCUT2D eigenvalue weighted by Gasteiger charge is -2.27. The zero-order valence-electron chi connectivity index (χ0n) is 12.0. The van der Waals surface area contributed by atoms with Crippen molar-refractivity contribution in [3.8, 4) is 0 Å². The van der Waals surface area contributed by atoms with Crippen molar-refractivity contribution < 1.29 is 14.7 Å². The van der Waals surface area contributed by atoms with Crippen molar-refractivity contribution in [2.75, 3.05) is 0 Å². The van der Waals surface area contributed by atoms with Gasteiger partial charge in [-0.1, -0.05) is 32.4 Å². The fourth-order valence-corrected chi connectivity index (χ4v) is 2.84. The first-order valence-electron chi connectivity index (χ1n) is 7.00. The minimum Gasteiger partial charge on any atom is -0.478 e. The summed E-state index contributed by atoms with van der Waals surface area (Å²) in [4.78, 5) is 23.0. The molecule has 1 fully saturated rings. The van der Waals surface area contributed by atoms with Crippen molar-refractivity contribution in [3.05, 3.63) is 35.4 Å². The van der Waals surface area contributed by atoms with Crippen LogP contribution in [0, 0.1) is 5.41 Å². The number of hydrogen-bond acceptors (Lipinski definition) is 2. The van der Waals surface area contributed by atoms with Crippen LogP contribution in [0.25, 0.3) is 0 Å². The summed E-state index contributed by atoms with van der Waals surface area (Å²) in [6, 6.07) is 6.76. The van der Waals surface area contributed by atoms with Gasteiger partial charge in [0.05, 0.1) is 12.0 Å². The Bertz CT molecular complexity index is 522. The van der Waals surface area contributed by atoms with E-state index in [0.29, 0.717) is 0 Å². The fourth-order valence-electron chi connectivity index (χ4n) is 2.84. The number of benzene rings is 1. The Labute approximate surface area is 119 Å². The summed E-state index contributed by atoms with van der Waals surface area (Å²) in [6.07, 6.45) is 3.53. The predicted octanol–water partition coefficient (Wildman–Crippen LogP) is 2.62. The lowest BCUT2D eigenvalue weighted by atomic mass is 9.87. The quantitative estimate of drug-likeness (QED) is 0.887. The molecule has 20 heavy (non-hydrogen) atoms. The molecule has 0 bridgehead atoms. The molecule has 0 aliphatic heterocycles. The fraction of sp³-hybridized carbons (Fsp3) is 0.500. The topological polar surface area (TPSA) is 66.4 Å². The molecule has 1 unspecified atom stereocenters. The second-order valence-corrected chi connectivity index (χ2v) is 6.18. The lowest BCUT2D eigenvalue weighted by Crippen LogP contribution is -2.42. The third-order valence-electron chi connectivity index (χ3n) is 4.13. The van der Waals surface area contributed by atoms with Gasteiger partial charge in [0, 0.05) is 6.04 Å². The smallest absolute Gasteiger partial charge is 0.335 e. The monoisotopic (exact) mass is 275 g/mol. The standard InChI is InChI=1S/C16H21NO3/c1-16(2)8-4-7-13(16)17-14(18)10-11-5-3-6-12(9-11)15(19)20/h3,5-6,9,13H,4,7-8,10H2,1-2H3,(H,17,18)(H,19,20). The Morgan fingerprint density at radius 1 is 1.40 bits per heavy atom. The molecule has 1 saturated carbocycles. The van der Waals surface area contributed by atoms with E-state index in [4.69, 9.17) is 5.11 Å². The summed E-state index contributed by atoms with van der Waals surface area (Å²) >= 11 is 0. The second kappa shape index (κ2) is 5.65. The number of nitrogens with one attached hydrogen (secondary N) is 1. The van der Waals surface area contributed by atoms with E-state index in [0.717, 1.165) is 24.8 Å². The second-order valence-electron chi connectivity index (χ2n) is 6.18. The molecule has 1 aromatic carbocycles. The Kier molecular flexibility index (Phi) is 4.12. The molecule has 2 N–H and O–H groups in total. The summed E-state index contributed by atoms with van der Waals surface area (Å²) in [7, 11) is 0. The van der Waals surface area contributed by atoms with Crippen LogP contribution in [0.2, 0.25) is 0 Å². The average molecular weight is 275 g/mol. The molecule has 1 atom stereocenters. The normalized spacial score (nSPS) is 20.6. The first kappa shape index (κ1) is 14.6. The van der Waals surface area contributed by atoms with Gasteiger partial charge in [0.1, 0.15) is 0 Å². The van der Waals surface area contributed by atoms with Crippen LogP contribution in [0.4, 0.5) is 0 Å². The maximum absolute atomic E-state index is 12.1. The van der Waals surface area contributed by atoms with Gasteiger partial charge in [-0.05, 0) is 36.0 Å². The maximum Gasteiger partial charge on any atom is 0.335 e. The molecule has 4 nitrogen and oxygen atoms in total. The van der Waals surface area contributed by atoms with Gasteiger partial charge >= 0.3 is 5.97 Å². The van der Waals surface area contributed by atoms with Gasteiger partial charge in [-0.2, -0.15) is 0 Å². The van der Waals surface area contributed by atoms with E-state index in [9.17, 15) is 9.59 Å². The summed E-state index contributed by atoms with van der Waals surface area (Å²) in [6.45, 7) is 4.35. The van der Waals surface area contributed by atoms with Gasteiger partial charge in [-0.15, -0.1) is 0 Å². The molecule has 0 spiro atoms. The minimum absolute atomic E-state index is 0.0347. The number of carboxylic acids is 1. The molecule has 4 heteroatoms. The Hall–Kier alpha value is -1.84. The summed E-state index contributed by atoms with van der Waals surface area (Å²) in [5.41, 5.74) is 1.10. The van der Waals surface area contributed by atoms with Gasteiger partial charge < -0.3 is 10.4 Å². The number of rotatable bonds is 4. The van der Waals surface area contributed by atoms with Crippen LogP contribution < -0.4 is 5.32 Å². The number of carbonyl (C=O) groups is 2. The van der Waals surface area contributed by atoms with Crippen molar-refractivity contribution in [3.63, 3.8) is 0 Å². The molecular formula is C16H21NO3. The van der Waals surface area contributed by atoms with Gasteiger partial charge in [0.25, 0.3) is 0 Å². The first-order valence-corrected chi connectivity index (χ1v) is 7.00. The van der Waals surface area contributed by atoms with Gasteiger partial charge in [-0.25, -0.2) is 4.79 Å². The predicted molar refractivity (Wildman–Crippen MR) is 76.7 cm³/mol. The molecule has 1 aliphatic carbocycles. The van der Waals surface area contributed by atoms with Crippen LogP contribution in [0.1, 0.15) is 49.0 Å². The average Bonchev–Trinajstić information content (AvgIpc) is 2.69. The molecule has 0 saturated heterocycles. The van der Waals surface area contributed by atoms with Crippen molar-refractivity contribution >= 4 is 11.9 Å². The maximum atomic E-state index is 12.1. The zero-order valence-corrected chi connectivity index (χ0v) is 12.0. The lowest BCUT2D eigenvalue weighted by molar-refractivity contribution is -0.121. The van der Waals surface area contributed by atoms with E-state index in [-0.39, 0.29) is 29.3 Å². The molecular weight excluding hydrogens is 254 g/mol. The van der Waals surface area contributed by atoms with Gasteiger partial charge in [0.15, 0.2) is 0 Å². The van der Waals surface area contributed by atoms with Gasteiger partial charge in [0.2, 0.25) is 5.91 Å². The Balaban J connectivity index is 1.98. The number of amides is 1. The van der Waals surface area contributed by atoms with E-state index in [1.807, 2.05) is 0 Å². The van der Waals surface area contributed by atoms with Crippen LogP contribution in [-0.4, -0.2) is 23.0 Å². The van der Waals surface area contributed by atoms with Crippen LogP contribution in [0.3, 0.4) is 0 Å². The number of hydrogen-bond donors (Lipinski definition) is 2. The molecule has 1 amide bonds. The highest BCUT2D eigenvalue weighted by molar-refractivity contribution is 5.88. The highest BCUT2D eigenvalue weighted by Gasteiger charge is 2.35. The van der Waals surface area contributed by atoms with E-state index < -0.39 is 5.97 Å².